The van der Waals surface area contributed by atoms with Crippen molar-refractivity contribution < 1.29 is 29.2 Å². The van der Waals surface area contributed by atoms with Gasteiger partial charge in [0.1, 0.15) is 42.6 Å². The summed E-state index contributed by atoms with van der Waals surface area (Å²) >= 11 is 6.68. The molecule has 1 unspecified atom stereocenters. The van der Waals surface area contributed by atoms with Crippen LogP contribution in [0.4, 0.5) is 0 Å². The lowest BCUT2D eigenvalue weighted by atomic mass is 9.96. The van der Waals surface area contributed by atoms with Crippen molar-refractivity contribution in [2.45, 2.75) is 65.3 Å². The second-order valence-electron chi connectivity index (χ2n) is 12.6. The fourth-order valence-electron chi connectivity index (χ4n) is 6.09. The van der Waals surface area contributed by atoms with Gasteiger partial charge < -0.3 is 29.3 Å². The van der Waals surface area contributed by atoms with Crippen LogP contribution in [0.25, 0.3) is 11.1 Å². The lowest BCUT2D eigenvalue weighted by Crippen LogP contribution is -2.39. The minimum atomic E-state index is -1.19. The molecule has 11 nitrogen and oxygen atoms in total. The highest BCUT2D eigenvalue weighted by Gasteiger charge is 2.19. The van der Waals surface area contributed by atoms with E-state index in [9.17, 15) is 20.3 Å². The number of nitrogens with zero attached hydrogens (tertiary/aromatic N) is 4. The Morgan fingerprint density at radius 3 is 2.55 bits per heavy atom. The number of aliphatic hydroxyl groups is 1. The molecule has 0 spiro atoms. The Bertz CT molecular complexity index is 1840. The number of aromatic nitrogens is 2. The fourth-order valence-corrected chi connectivity index (χ4v) is 6.33. The number of hydrogen-bond donors (Lipinski definition) is 3. The zero-order valence-corrected chi connectivity index (χ0v) is 29.8. The Balaban J connectivity index is 1.30. The van der Waals surface area contributed by atoms with Gasteiger partial charge in [0.2, 0.25) is 0 Å². The third-order valence-electron chi connectivity index (χ3n) is 9.02. The first-order valence-corrected chi connectivity index (χ1v) is 17.5. The van der Waals surface area contributed by atoms with Crippen LogP contribution in [0.3, 0.4) is 0 Å². The predicted molar refractivity (Wildman–Crippen MR) is 194 cm³/mol. The topological polar surface area (TPSA) is 150 Å². The number of pyridine rings is 2. The van der Waals surface area contributed by atoms with E-state index in [1.807, 2.05) is 25.1 Å². The van der Waals surface area contributed by atoms with Crippen molar-refractivity contribution in [2.24, 2.45) is 0 Å². The molecule has 1 fully saturated rings. The largest absolute Gasteiger partial charge is 0.493 e. The maximum absolute atomic E-state index is 11.5. The number of ether oxygens (including phenoxy) is 3. The van der Waals surface area contributed by atoms with Gasteiger partial charge in [0.25, 0.3) is 0 Å². The highest BCUT2D eigenvalue weighted by molar-refractivity contribution is 6.32. The van der Waals surface area contributed by atoms with Crippen molar-refractivity contribution >= 4 is 17.6 Å². The van der Waals surface area contributed by atoms with Crippen LogP contribution in [-0.4, -0.2) is 69.9 Å². The van der Waals surface area contributed by atoms with Gasteiger partial charge in [-0.3, -0.25) is 20.1 Å². The van der Waals surface area contributed by atoms with E-state index in [0.717, 1.165) is 46.7 Å². The number of likely N-dealkylation sites (tertiary alicyclic amines) is 1. The van der Waals surface area contributed by atoms with Crippen molar-refractivity contribution in [3.05, 3.63) is 99.6 Å². The van der Waals surface area contributed by atoms with Crippen molar-refractivity contribution in [3.63, 3.8) is 0 Å². The minimum Gasteiger partial charge on any atom is -0.493 e. The molecule has 4 aromatic rings. The summed E-state index contributed by atoms with van der Waals surface area (Å²) in [6.45, 7) is 7.86. The molecule has 51 heavy (non-hydrogen) atoms. The quantitative estimate of drug-likeness (QED) is 0.107. The van der Waals surface area contributed by atoms with Crippen LogP contribution in [0.5, 0.6) is 17.2 Å². The number of nitrogens with one attached hydrogen (secondary N) is 1. The number of halogens is 1. The predicted octanol–water partition coefficient (Wildman–Crippen LogP) is 6.23. The van der Waals surface area contributed by atoms with Gasteiger partial charge >= 0.3 is 5.97 Å². The number of piperidine rings is 1. The second-order valence-corrected chi connectivity index (χ2v) is 13.0. The van der Waals surface area contributed by atoms with Crippen molar-refractivity contribution in [1.29, 1.82) is 5.26 Å². The van der Waals surface area contributed by atoms with E-state index < -0.39 is 18.6 Å². The monoisotopic (exact) mass is 713 g/mol. The first-order chi connectivity index (χ1) is 24.8. The zero-order valence-electron chi connectivity index (χ0n) is 29.0. The van der Waals surface area contributed by atoms with Gasteiger partial charge in [-0.25, -0.2) is 0 Å². The highest BCUT2D eigenvalue weighted by Crippen LogP contribution is 2.36. The van der Waals surface area contributed by atoms with Gasteiger partial charge in [0.05, 0.1) is 29.5 Å². The number of aliphatic carboxylic acids is 1. The van der Waals surface area contributed by atoms with Gasteiger partial charge in [-0.1, -0.05) is 30.2 Å². The summed E-state index contributed by atoms with van der Waals surface area (Å²) in [6.07, 6.45) is 9.72. The smallest absolute Gasteiger partial charge is 0.323 e. The van der Waals surface area contributed by atoms with Gasteiger partial charge in [-0.15, -0.1) is 0 Å². The molecule has 5 rings (SSSR count). The van der Waals surface area contributed by atoms with Gasteiger partial charge in [-0.05, 0) is 92.7 Å². The summed E-state index contributed by atoms with van der Waals surface area (Å²) in [7, 11) is 0. The normalized spacial score (nSPS) is 13.7. The van der Waals surface area contributed by atoms with Crippen molar-refractivity contribution in [3.8, 4) is 34.4 Å². The van der Waals surface area contributed by atoms with Crippen LogP contribution in [0.1, 0.15) is 59.2 Å². The van der Waals surface area contributed by atoms with Crippen LogP contribution < -0.4 is 19.5 Å². The third kappa shape index (κ3) is 10.2. The van der Waals surface area contributed by atoms with Crippen LogP contribution in [-0.2, 0) is 24.6 Å². The molecule has 12 heteroatoms. The molecule has 0 aliphatic carbocycles. The number of hydrogen-bond acceptors (Lipinski definition) is 10. The molecule has 0 saturated carbocycles. The van der Waals surface area contributed by atoms with Gasteiger partial charge in [0.15, 0.2) is 0 Å². The van der Waals surface area contributed by atoms with Crippen molar-refractivity contribution in [2.75, 3.05) is 32.8 Å². The van der Waals surface area contributed by atoms with Gasteiger partial charge in [-0.2, -0.15) is 5.26 Å². The Hall–Kier alpha value is -4.73. The van der Waals surface area contributed by atoms with Crippen LogP contribution in [0.15, 0.2) is 61.1 Å². The van der Waals surface area contributed by atoms with E-state index >= 15 is 0 Å². The number of carboxylic acids is 1. The Morgan fingerprint density at radius 1 is 1.00 bits per heavy atom. The average molecular weight is 714 g/mol. The molecular weight excluding hydrogens is 670 g/mol. The maximum Gasteiger partial charge on any atom is 0.323 e. The molecule has 1 aliphatic rings. The average Bonchev–Trinajstić information content (AvgIpc) is 3.14. The Morgan fingerprint density at radius 2 is 1.78 bits per heavy atom. The molecule has 2 aromatic carbocycles. The first kappa shape index (κ1) is 37.5. The zero-order chi connectivity index (χ0) is 36.2. The summed E-state index contributed by atoms with van der Waals surface area (Å²) in [4.78, 5) is 22.7. The molecule has 3 heterocycles. The van der Waals surface area contributed by atoms with Crippen LogP contribution in [0, 0.1) is 25.2 Å². The third-order valence-corrected chi connectivity index (χ3v) is 9.32. The lowest BCUT2D eigenvalue weighted by Gasteiger charge is -2.26. The maximum atomic E-state index is 11.5. The first-order valence-electron chi connectivity index (χ1n) is 17.2. The van der Waals surface area contributed by atoms with E-state index in [2.05, 4.69) is 39.2 Å². The second kappa shape index (κ2) is 18.5. The number of carbonyl (C=O) groups is 1. The highest BCUT2D eigenvalue weighted by atomic mass is 35.5. The number of benzene rings is 2. The fraction of sp³-hybridized carbons (Fsp3) is 0.385. The molecule has 1 aliphatic heterocycles. The van der Waals surface area contributed by atoms with Crippen molar-refractivity contribution in [1.82, 2.24) is 20.2 Å². The summed E-state index contributed by atoms with van der Waals surface area (Å²) in [5.74, 6) is 0.415. The molecule has 1 saturated heterocycles. The van der Waals surface area contributed by atoms with E-state index in [0.29, 0.717) is 34.8 Å². The summed E-state index contributed by atoms with van der Waals surface area (Å²) < 4.78 is 18.6. The molecule has 0 radical (unpaired) electrons. The van der Waals surface area contributed by atoms with E-state index in [1.165, 1.54) is 38.5 Å². The summed E-state index contributed by atoms with van der Waals surface area (Å²) in [6, 6.07) is 14.0. The molecule has 1 atom stereocenters. The Kier molecular flexibility index (Phi) is 13.6. The van der Waals surface area contributed by atoms with Crippen LogP contribution in [0.2, 0.25) is 5.02 Å². The Labute approximate surface area is 303 Å². The molecule has 0 bridgehead atoms. The standard InChI is InChI=1S/C39H44ClN5O6/c1-26-32(31-8-6-9-36(27(31)2)49-15-7-14-45-12-4-3-5-13-45)10-11-43-35(26)25-51-38-18-37(50-24-29-16-28(19-41)20-42-21-29)30(17-33(38)40)22-44-34(23-46)39(47)48/h6,8-11,16-18,20-21,34,44,46H,3-5,7,12-15,22-25H2,1-2H3,(H,47,48). The SMILES string of the molecule is Cc1c(OCCCN2CCCCC2)cccc1-c1ccnc(COc2cc(OCc3cncc(C#N)c3)c(CNC(CO)C(=O)O)cc2Cl)c1C. The molecule has 268 valence electrons. The molecule has 3 N–H and O–H groups in total. The lowest BCUT2D eigenvalue weighted by molar-refractivity contribution is -0.140. The van der Waals surface area contributed by atoms with E-state index in [1.54, 1.807) is 30.6 Å². The number of carboxylic acid groups (broad SMARTS) is 1. The van der Waals surface area contributed by atoms with Gasteiger partial charge in [0, 0.05) is 48.9 Å². The number of nitriles is 1. The molecular formula is C39H44ClN5O6. The van der Waals surface area contributed by atoms with E-state index in [-0.39, 0.29) is 24.8 Å². The summed E-state index contributed by atoms with van der Waals surface area (Å²) in [5, 5.41) is 31.2. The molecule has 0 amide bonds. The minimum absolute atomic E-state index is 0.0482. The van der Waals surface area contributed by atoms with E-state index in [4.69, 9.17) is 25.8 Å². The summed E-state index contributed by atoms with van der Waals surface area (Å²) in [5.41, 5.74) is 6.47. The molecule has 2 aromatic heterocycles. The van der Waals surface area contributed by atoms with Crippen LogP contribution >= 0.6 is 11.6 Å². The number of aliphatic hydroxyl groups excluding tert-OH is 1. The number of rotatable bonds is 17.